The summed E-state index contributed by atoms with van der Waals surface area (Å²) in [4.78, 5) is 21.1. The molecule has 0 aliphatic heterocycles. The van der Waals surface area contributed by atoms with Gasteiger partial charge in [-0.25, -0.2) is 14.4 Å². The Hall–Kier alpha value is -3.12. The highest BCUT2D eigenvalue weighted by molar-refractivity contribution is 7.17. The molecule has 134 valence electrons. The van der Waals surface area contributed by atoms with Crippen LogP contribution < -0.4 is 4.74 Å². The molecular weight excluding hydrogens is 363 g/mol. The highest BCUT2D eigenvalue weighted by Gasteiger charge is 2.15. The molecule has 0 radical (unpaired) electrons. The molecule has 0 bridgehead atoms. The van der Waals surface area contributed by atoms with Crippen LogP contribution in [0.25, 0.3) is 21.3 Å². The molecule has 0 amide bonds. The van der Waals surface area contributed by atoms with Gasteiger partial charge in [0, 0.05) is 22.9 Å². The fraction of sp³-hybridized carbons (Fsp3) is 0.0952. The first-order valence-electron chi connectivity index (χ1n) is 8.45. The minimum Gasteiger partial charge on any atom is -0.438 e. The van der Waals surface area contributed by atoms with Crippen LogP contribution in [0.15, 0.2) is 60.2 Å². The molecule has 4 nitrogen and oxygen atoms in total. The number of aromatic nitrogens is 2. The Morgan fingerprint density at radius 3 is 2.52 bits per heavy atom. The summed E-state index contributed by atoms with van der Waals surface area (Å²) in [6.45, 7) is 1.83. The summed E-state index contributed by atoms with van der Waals surface area (Å²) in [7, 11) is 0. The second-order valence-corrected chi connectivity index (χ2v) is 6.78. The van der Waals surface area contributed by atoms with Crippen molar-refractivity contribution in [1.29, 1.82) is 0 Å². The van der Waals surface area contributed by atoms with Gasteiger partial charge >= 0.3 is 0 Å². The van der Waals surface area contributed by atoms with Crippen LogP contribution >= 0.6 is 11.3 Å². The van der Waals surface area contributed by atoms with E-state index < -0.39 is 0 Å². The molecule has 0 N–H and O–H groups in total. The van der Waals surface area contributed by atoms with Crippen molar-refractivity contribution in [2.24, 2.45) is 0 Å². The molecular formula is C21H15FN2O2S. The number of hydrogen-bond acceptors (Lipinski definition) is 5. The summed E-state index contributed by atoms with van der Waals surface area (Å²) in [6, 6.07) is 13.3. The first-order chi connectivity index (χ1) is 13.2. The smallest absolute Gasteiger partial charge is 0.231 e. The number of thiophene rings is 1. The average molecular weight is 378 g/mol. The van der Waals surface area contributed by atoms with E-state index in [2.05, 4.69) is 9.97 Å². The van der Waals surface area contributed by atoms with E-state index in [-0.39, 0.29) is 11.6 Å². The van der Waals surface area contributed by atoms with E-state index in [1.807, 2.05) is 12.3 Å². The maximum absolute atomic E-state index is 13.3. The number of halogens is 1. The SMILES string of the molecule is CCC(=O)c1ccc(Oc2ncnc3scc(-c4ccc(F)cc4)c23)cc1. The van der Waals surface area contributed by atoms with Gasteiger partial charge in [0.1, 0.15) is 22.7 Å². The molecule has 2 aromatic carbocycles. The third-order valence-corrected chi connectivity index (χ3v) is 5.09. The Bertz CT molecular complexity index is 1110. The van der Waals surface area contributed by atoms with Gasteiger partial charge in [0.15, 0.2) is 5.78 Å². The summed E-state index contributed by atoms with van der Waals surface area (Å²) < 4.78 is 19.2. The van der Waals surface area contributed by atoms with Crippen LogP contribution in [0.5, 0.6) is 11.6 Å². The molecule has 2 aromatic heterocycles. The quantitative estimate of drug-likeness (QED) is 0.407. The van der Waals surface area contributed by atoms with Crippen LogP contribution in [0.1, 0.15) is 23.7 Å². The number of rotatable bonds is 5. The van der Waals surface area contributed by atoms with Crippen LogP contribution in [0.4, 0.5) is 4.39 Å². The predicted octanol–water partition coefficient (Wildman–Crippen LogP) is 5.88. The van der Waals surface area contributed by atoms with Crippen LogP contribution in [-0.2, 0) is 0 Å². The molecule has 0 aliphatic carbocycles. The summed E-state index contributed by atoms with van der Waals surface area (Å²) in [6.07, 6.45) is 1.92. The van der Waals surface area contributed by atoms with Gasteiger partial charge in [0.25, 0.3) is 0 Å². The van der Waals surface area contributed by atoms with Gasteiger partial charge < -0.3 is 4.74 Å². The molecule has 0 aliphatic rings. The minimum atomic E-state index is -0.285. The molecule has 0 spiro atoms. The Morgan fingerprint density at radius 2 is 1.81 bits per heavy atom. The highest BCUT2D eigenvalue weighted by Crippen LogP contribution is 2.38. The number of benzene rings is 2. The molecule has 27 heavy (non-hydrogen) atoms. The standard InChI is InChI=1S/C21H15FN2O2S/c1-2-18(25)14-5-9-16(10-6-14)26-20-19-17(11-27-21(19)24-12-23-20)13-3-7-15(22)8-4-13/h3-12H,2H2,1H3. The van der Waals surface area contributed by atoms with Gasteiger partial charge in [-0.15, -0.1) is 11.3 Å². The molecule has 4 aromatic rings. The van der Waals surface area contributed by atoms with Crippen molar-refractivity contribution in [2.45, 2.75) is 13.3 Å². The maximum atomic E-state index is 13.3. The predicted molar refractivity (Wildman–Crippen MR) is 104 cm³/mol. The second kappa shape index (κ2) is 7.25. The van der Waals surface area contributed by atoms with Crippen molar-refractivity contribution in [2.75, 3.05) is 0 Å². The molecule has 6 heteroatoms. The third kappa shape index (κ3) is 3.44. The number of ketones is 1. The lowest BCUT2D eigenvalue weighted by molar-refractivity contribution is 0.0988. The normalized spacial score (nSPS) is 10.9. The number of fused-ring (bicyclic) bond motifs is 1. The third-order valence-electron chi connectivity index (χ3n) is 4.20. The lowest BCUT2D eigenvalue weighted by atomic mass is 10.1. The lowest BCUT2D eigenvalue weighted by Gasteiger charge is -2.08. The molecule has 0 atom stereocenters. The van der Waals surface area contributed by atoms with Crippen molar-refractivity contribution in [3.05, 3.63) is 71.6 Å². The molecule has 0 saturated heterocycles. The lowest BCUT2D eigenvalue weighted by Crippen LogP contribution is -1.96. The van der Waals surface area contributed by atoms with E-state index in [4.69, 9.17) is 4.74 Å². The molecule has 4 rings (SSSR count). The minimum absolute atomic E-state index is 0.0856. The maximum Gasteiger partial charge on any atom is 0.231 e. The molecule has 0 unspecified atom stereocenters. The zero-order chi connectivity index (χ0) is 18.8. The Labute approximate surface area is 159 Å². The average Bonchev–Trinajstić information content (AvgIpc) is 3.14. The van der Waals surface area contributed by atoms with E-state index in [0.29, 0.717) is 23.6 Å². The van der Waals surface area contributed by atoms with Gasteiger partial charge in [-0.05, 0) is 42.0 Å². The monoisotopic (exact) mass is 378 g/mol. The van der Waals surface area contributed by atoms with Crippen molar-refractivity contribution in [3.63, 3.8) is 0 Å². The van der Waals surface area contributed by atoms with Gasteiger partial charge in [-0.3, -0.25) is 4.79 Å². The van der Waals surface area contributed by atoms with Gasteiger partial charge in [0.05, 0.1) is 5.39 Å². The molecule has 2 heterocycles. The number of carbonyl (C=O) groups is 1. The zero-order valence-electron chi connectivity index (χ0n) is 14.5. The van der Waals surface area contributed by atoms with Crippen molar-refractivity contribution < 1.29 is 13.9 Å². The number of carbonyl (C=O) groups excluding carboxylic acids is 1. The number of nitrogens with zero attached hydrogens (tertiary/aromatic N) is 2. The second-order valence-electron chi connectivity index (χ2n) is 5.92. The van der Waals surface area contributed by atoms with E-state index in [0.717, 1.165) is 21.3 Å². The molecule has 0 fully saturated rings. The van der Waals surface area contributed by atoms with E-state index in [1.165, 1.54) is 29.8 Å². The first-order valence-corrected chi connectivity index (χ1v) is 9.33. The van der Waals surface area contributed by atoms with Crippen LogP contribution in [-0.4, -0.2) is 15.8 Å². The van der Waals surface area contributed by atoms with Crippen LogP contribution in [0.2, 0.25) is 0 Å². The zero-order valence-corrected chi connectivity index (χ0v) is 15.3. The van der Waals surface area contributed by atoms with E-state index in [9.17, 15) is 9.18 Å². The van der Waals surface area contributed by atoms with E-state index in [1.54, 1.807) is 36.4 Å². The topological polar surface area (TPSA) is 52.1 Å². The van der Waals surface area contributed by atoms with Gasteiger partial charge in [-0.2, -0.15) is 0 Å². The Balaban J connectivity index is 1.73. The fourth-order valence-corrected chi connectivity index (χ4v) is 3.70. The van der Waals surface area contributed by atoms with Crippen molar-refractivity contribution >= 4 is 27.3 Å². The first kappa shape index (κ1) is 17.3. The van der Waals surface area contributed by atoms with Crippen molar-refractivity contribution in [3.8, 4) is 22.8 Å². The van der Waals surface area contributed by atoms with Gasteiger partial charge in [-0.1, -0.05) is 19.1 Å². The number of hydrogen-bond donors (Lipinski definition) is 0. The van der Waals surface area contributed by atoms with Crippen molar-refractivity contribution in [1.82, 2.24) is 9.97 Å². The number of ether oxygens (including phenoxy) is 1. The van der Waals surface area contributed by atoms with Gasteiger partial charge in [0.2, 0.25) is 5.88 Å². The molecule has 0 saturated carbocycles. The number of Topliss-reactive ketones (excluding diaryl/α,β-unsaturated/α-hetero) is 1. The summed E-state index contributed by atoms with van der Waals surface area (Å²) in [5.41, 5.74) is 2.41. The van der Waals surface area contributed by atoms with Crippen LogP contribution in [0, 0.1) is 5.82 Å². The van der Waals surface area contributed by atoms with E-state index >= 15 is 0 Å². The summed E-state index contributed by atoms with van der Waals surface area (Å²) in [5.74, 6) is 0.809. The summed E-state index contributed by atoms with van der Waals surface area (Å²) in [5, 5.41) is 2.74. The van der Waals surface area contributed by atoms with Crippen LogP contribution in [0.3, 0.4) is 0 Å². The largest absolute Gasteiger partial charge is 0.438 e. The fourth-order valence-electron chi connectivity index (χ4n) is 2.79. The highest BCUT2D eigenvalue weighted by atomic mass is 32.1. The Kier molecular flexibility index (Phi) is 4.64. The summed E-state index contributed by atoms with van der Waals surface area (Å²) >= 11 is 1.48. The Morgan fingerprint density at radius 1 is 1.07 bits per heavy atom.